The van der Waals surface area contributed by atoms with Crippen molar-refractivity contribution in [1.29, 1.82) is 0 Å². The monoisotopic (exact) mass is 291 g/mol. The van der Waals surface area contributed by atoms with Crippen LogP contribution in [-0.2, 0) is 4.79 Å². The zero-order chi connectivity index (χ0) is 15.2. The number of ketones is 1. The van der Waals surface area contributed by atoms with Gasteiger partial charge in [0.2, 0.25) is 0 Å². The van der Waals surface area contributed by atoms with E-state index in [1.54, 1.807) is 12.1 Å². The van der Waals surface area contributed by atoms with Crippen molar-refractivity contribution in [2.75, 3.05) is 26.2 Å². The molecular formula is C16H21NO4. The molecule has 1 heterocycles. The van der Waals surface area contributed by atoms with Crippen LogP contribution in [0.1, 0.15) is 30.1 Å². The second kappa shape index (κ2) is 7.22. The van der Waals surface area contributed by atoms with Crippen LogP contribution in [0.15, 0.2) is 24.3 Å². The summed E-state index contributed by atoms with van der Waals surface area (Å²) in [7, 11) is 0. The molecule has 0 amide bonds. The molecule has 21 heavy (non-hydrogen) atoms. The lowest BCUT2D eigenvalue weighted by Crippen LogP contribution is -2.26. The SMILES string of the molecule is CC(=O)c1ccccc1OCCN1CCC(CC(=O)O)C1. The van der Waals surface area contributed by atoms with Gasteiger partial charge in [0.1, 0.15) is 12.4 Å². The number of benzene rings is 1. The molecule has 1 atom stereocenters. The van der Waals surface area contributed by atoms with Gasteiger partial charge in [0, 0.05) is 19.5 Å². The van der Waals surface area contributed by atoms with Crippen LogP contribution in [0.5, 0.6) is 5.75 Å². The minimum atomic E-state index is -0.728. The molecule has 114 valence electrons. The molecule has 5 heteroatoms. The number of nitrogens with zero attached hydrogens (tertiary/aromatic N) is 1. The van der Waals surface area contributed by atoms with Gasteiger partial charge in [-0.15, -0.1) is 0 Å². The molecule has 1 aromatic carbocycles. The third kappa shape index (κ3) is 4.56. The van der Waals surface area contributed by atoms with Crippen LogP contribution in [0.4, 0.5) is 0 Å². The number of carbonyl (C=O) groups excluding carboxylic acids is 1. The number of Topliss-reactive ketones (excluding diaryl/α,β-unsaturated/α-hetero) is 1. The van der Waals surface area contributed by atoms with Gasteiger partial charge in [0.05, 0.1) is 5.56 Å². The molecule has 2 rings (SSSR count). The van der Waals surface area contributed by atoms with Crippen molar-refractivity contribution in [3.05, 3.63) is 29.8 Å². The van der Waals surface area contributed by atoms with Gasteiger partial charge < -0.3 is 9.84 Å². The van der Waals surface area contributed by atoms with Crippen molar-refractivity contribution in [2.24, 2.45) is 5.92 Å². The third-order valence-corrected chi connectivity index (χ3v) is 3.76. The van der Waals surface area contributed by atoms with Crippen molar-refractivity contribution in [3.8, 4) is 5.75 Å². The highest BCUT2D eigenvalue weighted by Crippen LogP contribution is 2.20. The molecule has 1 aliphatic heterocycles. The van der Waals surface area contributed by atoms with E-state index in [0.717, 1.165) is 26.1 Å². The summed E-state index contributed by atoms with van der Waals surface area (Å²) in [6.45, 7) is 4.51. The molecule has 0 bridgehead atoms. The molecule has 0 spiro atoms. The molecule has 1 aromatic rings. The van der Waals surface area contributed by atoms with Gasteiger partial charge in [0.15, 0.2) is 5.78 Å². The average molecular weight is 291 g/mol. The number of para-hydroxylation sites is 1. The molecule has 5 nitrogen and oxygen atoms in total. The molecule has 0 saturated carbocycles. The third-order valence-electron chi connectivity index (χ3n) is 3.76. The Labute approximate surface area is 124 Å². The summed E-state index contributed by atoms with van der Waals surface area (Å²) in [5.74, 6) is 0.125. The second-order valence-corrected chi connectivity index (χ2v) is 5.45. The normalized spacial score (nSPS) is 18.6. The Morgan fingerprint density at radius 1 is 1.38 bits per heavy atom. The van der Waals surface area contributed by atoms with E-state index in [2.05, 4.69) is 4.90 Å². The fourth-order valence-corrected chi connectivity index (χ4v) is 2.70. The topological polar surface area (TPSA) is 66.8 Å². The predicted molar refractivity (Wildman–Crippen MR) is 78.7 cm³/mol. The zero-order valence-electron chi connectivity index (χ0n) is 12.2. The van der Waals surface area contributed by atoms with Crippen molar-refractivity contribution in [3.63, 3.8) is 0 Å². The number of likely N-dealkylation sites (tertiary alicyclic amines) is 1. The van der Waals surface area contributed by atoms with E-state index >= 15 is 0 Å². The molecule has 1 N–H and O–H groups in total. The highest BCUT2D eigenvalue weighted by atomic mass is 16.5. The van der Waals surface area contributed by atoms with Gasteiger partial charge in [0.25, 0.3) is 0 Å². The van der Waals surface area contributed by atoms with E-state index in [9.17, 15) is 9.59 Å². The van der Waals surface area contributed by atoms with Crippen LogP contribution >= 0.6 is 0 Å². The van der Waals surface area contributed by atoms with Gasteiger partial charge in [-0.1, -0.05) is 12.1 Å². The Bertz CT molecular complexity index is 515. The minimum absolute atomic E-state index is 0.00621. The predicted octanol–water partition coefficient (Wildman–Crippen LogP) is 2.06. The van der Waals surface area contributed by atoms with Gasteiger partial charge >= 0.3 is 5.97 Å². The van der Waals surface area contributed by atoms with E-state index in [1.165, 1.54) is 6.92 Å². The second-order valence-electron chi connectivity index (χ2n) is 5.45. The van der Waals surface area contributed by atoms with Crippen LogP contribution in [0, 0.1) is 5.92 Å². The minimum Gasteiger partial charge on any atom is -0.491 e. The lowest BCUT2D eigenvalue weighted by molar-refractivity contribution is -0.138. The first-order valence-electron chi connectivity index (χ1n) is 7.23. The van der Waals surface area contributed by atoms with Crippen LogP contribution in [0.2, 0.25) is 0 Å². The van der Waals surface area contributed by atoms with Gasteiger partial charge in [-0.3, -0.25) is 14.5 Å². The van der Waals surface area contributed by atoms with Crippen molar-refractivity contribution >= 4 is 11.8 Å². The highest BCUT2D eigenvalue weighted by molar-refractivity contribution is 5.96. The van der Waals surface area contributed by atoms with Gasteiger partial charge in [-0.05, 0) is 37.9 Å². The summed E-state index contributed by atoms with van der Waals surface area (Å²) in [6.07, 6.45) is 1.17. The molecule has 0 aromatic heterocycles. The van der Waals surface area contributed by atoms with E-state index < -0.39 is 5.97 Å². The maximum atomic E-state index is 11.5. The number of carboxylic acids is 1. The number of hydrogen-bond donors (Lipinski definition) is 1. The molecule has 0 radical (unpaired) electrons. The Hall–Kier alpha value is -1.88. The number of ether oxygens (including phenoxy) is 1. The number of carbonyl (C=O) groups is 2. The van der Waals surface area contributed by atoms with Gasteiger partial charge in [-0.2, -0.15) is 0 Å². The number of aliphatic carboxylic acids is 1. The molecular weight excluding hydrogens is 270 g/mol. The summed E-state index contributed by atoms with van der Waals surface area (Å²) in [6, 6.07) is 7.23. The molecule has 1 unspecified atom stereocenters. The zero-order valence-corrected chi connectivity index (χ0v) is 12.2. The Morgan fingerprint density at radius 2 is 2.14 bits per heavy atom. The standard InChI is InChI=1S/C16H21NO4/c1-12(18)14-4-2-3-5-15(14)21-9-8-17-7-6-13(11-17)10-16(19)20/h2-5,13H,6-11H2,1H3,(H,19,20). The first-order chi connectivity index (χ1) is 10.1. The fourth-order valence-electron chi connectivity index (χ4n) is 2.70. The first-order valence-corrected chi connectivity index (χ1v) is 7.23. The summed E-state index contributed by atoms with van der Waals surface area (Å²) in [5.41, 5.74) is 0.600. The average Bonchev–Trinajstić information content (AvgIpc) is 2.86. The molecule has 1 aliphatic rings. The summed E-state index contributed by atoms with van der Waals surface area (Å²) in [4.78, 5) is 24.4. The van der Waals surface area contributed by atoms with E-state index in [1.807, 2.05) is 12.1 Å². The molecule has 1 fully saturated rings. The summed E-state index contributed by atoms with van der Waals surface area (Å²) in [5, 5.41) is 8.79. The Balaban J connectivity index is 1.78. The Kier molecular flexibility index (Phi) is 5.33. The molecule has 0 aliphatic carbocycles. The maximum absolute atomic E-state index is 11.5. The van der Waals surface area contributed by atoms with Crippen LogP contribution in [0.25, 0.3) is 0 Å². The van der Waals surface area contributed by atoms with Crippen LogP contribution < -0.4 is 4.74 Å². The van der Waals surface area contributed by atoms with E-state index in [0.29, 0.717) is 17.9 Å². The van der Waals surface area contributed by atoms with E-state index in [4.69, 9.17) is 9.84 Å². The Morgan fingerprint density at radius 3 is 2.86 bits per heavy atom. The lowest BCUT2D eigenvalue weighted by atomic mass is 10.1. The smallest absolute Gasteiger partial charge is 0.303 e. The quantitative estimate of drug-likeness (QED) is 0.779. The first kappa shape index (κ1) is 15.5. The van der Waals surface area contributed by atoms with Crippen molar-refractivity contribution in [1.82, 2.24) is 4.90 Å². The molecule has 1 saturated heterocycles. The summed E-state index contributed by atoms with van der Waals surface area (Å²) < 4.78 is 5.70. The fraction of sp³-hybridized carbons (Fsp3) is 0.500. The number of hydrogen-bond acceptors (Lipinski definition) is 4. The number of rotatable bonds is 7. The van der Waals surface area contributed by atoms with Gasteiger partial charge in [-0.25, -0.2) is 0 Å². The van der Waals surface area contributed by atoms with Crippen molar-refractivity contribution < 1.29 is 19.4 Å². The largest absolute Gasteiger partial charge is 0.491 e. The summed E-state index contributed by atoms with van der Waals surface area (Å²) >= 11 is 0. The lowest BCUT2D eigenvalue weighted by Gasteiger charge is -2.16. The van der Waals surface area contributed by atoms with Crippen molar-refractivity contribution in [2.45, 2.75) is 19.8 Å². The highest BCUT2D eigenvalue weighted by Gasteiger charge is 2.24. The van der Waals surface area contributed by atoms with Crippen LogP contribution in [0.3, 0.4) is 0 Å². The van der Waals surface area contributed by atoms with Crippen LogP contribution in [-0.4, -0.2) is 48.0 Å². The maximum Gasteiger partial charge on any atom is 0.303 e. The van der Waals surface area contributed by atoms with E-state index in [-0.39, 0.29) is 18.1 Å². The number of carboxylic acid groups (broad SMARTS) is 1.